The van der Waals surface area contributed by atoms with Crippen molar-refractivity contribution in [3.63, 3.8) is 0 Å². The van der Waals surface area contributed by atoms with Crippen molar-refractivity contribution < 1.29 is 14.3 Å². The fourth-order valence-corrected chi connectivity index (χ4v) is 3.87. The molecule has 0 aliphatic heterocycles. The summed E-state index contributed by atoms with van der Waals surface area (Å²) in [5.41, 5.74) is 1.85. The normalized spacial score (nSPS) is 10.5. The average molecular weight is 494 g/mol. The summed E-state index contributed by atoms with van der Waals surface area (Å²) < 4.78 is 8.08. The van der Waals surface area contributed by atoms with E-state index in [1.54, 1.807) is 35.3 Å². The summed E-state index contributed by atoms with van der Waals surface area (Å²) in [6.45, 7) is 1.53. The minimum atomic E-state index is -0.633. The molecule has 0 aliphatic rings. The SMILES string of the molecule is Cc1cc(Br)c(NC(=O)COC(=O)c2ccc(-n3cccn3)nc2)c(Br)c1. The smallest absolute Gasteiger partial charge is 0.340 e. The number of nitrogens with zero attached hydrogens (tertiary/aromatic N) is 3. The maximum absolute atomic E-state index is 12.1. The van der Waals surface area contributed by atoms with E-state index in [-0.39, 0.29) is 5.56 Å². The lowest BCUT2D eigenvalue weighted by molar-refractivity contribution is -0.119. The van der Waals surface area contributed by atoms with Crippen LogP contribution in [0.4, 0.5) is 5.69 Å². The molecule has 0 saturated carbocycles. The molecule has 3 rings (SSSR count). The Labute approximate surface area is 172 Å². The molecule has 0 unspecified atom stereocenters. The number of carbonyl (C=O) groups is 2. The zero-order valence-electron chi connectivity index (χ0n) is 14.1. The predicted octanol–water partition coefficient (Wildman–Crippen LogP) is 3.90. The van der Waals surface area contributed by atoms with Gasteiger partial charge >= 0.3 is 5.97 Å². The second kappa shape index (κ2) is 8.45. The van der Waals surface area contributed by atoms with Crippen molar-refractivity contribution in [3.05, 3.63) is 69.0 Å². The first-order chi connectivity index (χ1) is 12.9. The summed E-state index contributed by atoms with van der Waals surface area (Å²) in [4.78, 5) is 28.3. The minimum absolute atomic E-state index is 0.247. The Morgan fingerprint density at radius 1 is 1.22 bits per heavy atom. The number of hydrogen-bond acceptors (Lipinski definition) is 5. The first kappa shape index (κ1) is 19.2. The maximum atomic E-state index is 12.1. The Morgan fingerprint density at radius 2 is 1.96 bits per heavy atom. The summed E-state index contributed by atoms with van der Waals surface area (Å²) in [5.74, 6) is -0.509. The number of ether oxygens (including phenoxy) is 1. The van der Waals surface area contributed by atoms with Crippen molar-refractivity contribution in [2.75, 3.05) is 11.9 Å². The van der Waals surface area contributed by atoms with Crippen LogP contribution < -0.4 is 5.32 Å². The quantitative estimate of drug-likeness (QED) is 0.545. The Bertz CT molecular complexity index is 950. The maximum Gasteiger partial charge on any atom is 0.340 e. The number of amides is 1. The second-order valence-electron chi connectivity index (χ2n) is 5.58. The van der Waals surface area contributed by atoms with Gasteiger partial charge in [0.1, 0.15) is 0 Å². The van der Waals surface area contributed by atoms with Gasteiger partial charge in [-0.05, 0) is 74.7 Å². The Kier molecular flexibility index (Phi) is 6.02. The van der Waals surface area contributed by atoms with Crippen LogP contribution in [0.3, 0.4) is 0 Å². The summed E-state index contributed by atoms with van der Waals surface area (Å²) in [7, 11) is 0. The molecule has 138 valence electrons. The van der Waals surface area contributed by atoms with E-state index in [4.69, 9.17) is 4.74 Å². The number of rotatable bonds is 5. The molecule has 9 heteroatoms. The number of aryl methyl sites for hydroxylation is 1. The van der Waals surface area contributed by atoms with Gasteiger partial charge in [-0.1, -0.05) is 0 Å². The lowest BCUT2D eigenvalue weighted by Crippen LogP contribution is -2.21. The van der Waals surface area contributed by atoms with Crippen LogP contribution in [0.2, 0.25) is 0 Å². The monoisotopic (exact) mass is 492 g/mol. The topological polar surface area (TPSA) is 86.1 Å². The molecule has 0 fully saturated rings. The third kappa shape index (κ3) is 4.81. The van der Waals surface area contributed by atoms with Gasteiger partial charge in [-0.2, -0.15) is 5.10 Å². The largest absolute Gasteiger partial charge is 0.452 e. The lowest BCUT2D eigenvalue weighted by atomic mass is 10.2. The van der Waals surface area contributed by atoms with Crippen LogP contribution in [0.1, 0.15) is 15.9 Å². The summed E-state index contributed by atoms with van der Waals surface area (Å²) in [6.07, 6.45) is 4.75. The Hall–Kier alpha value is -2.52. The van der Waals surface area contributed by atoms with Gasteiger partial charge in [0, 0.05) is 27.5 Å². The van der Waals surface area contributed by atoms with Crippen LogP contribution in [0.15, 0.2) is 57.9 Å². The predicted molar refractivity (Wildman–Crippen MR) is 107 cm³/mol. The van der Waals surface area contributed by atoms with Gasteiger partial charge in [-0.3, -0.25) is 4.79 Å². The van der Waals surface area contributed by atoms with Crippen molar-refractivity contribution >= 4 is 49.4 Å². The molecule has 0 atom stereocenters. The van der Waals surface area contributed by atoms with E-state index in [0.29, 0.717) is 11.5 Å². The van der Waals surface area contributed by atoms with Crippen molar-refractivity contribution in [2.24, 2.45) is 0 Å². The van der Waals surface area contributed by atoms with E-state index in [1.165, 1.54) is 6.20 Å². The molecule has 1 aromatic carbocycles. The molecular formula is C18H14Br2N4O3. The molecule has 0 radical (unpaired) electrons. The summed E-state index contributed by atoms with van der Waals surface area (Å²) in [6, 6.07) is 8.73. The molecule has 3 aromatic rings. The fourth-order valence-electron chi connectivity index (χ4n) is 2.26. The Morgan fingerprint density at radius 3 is 2.56 bits per heavy atom. The standard InChI is InChI=1S/C18H14Br2N4O3/c1-11-7-13(19)17(14(20)8-11)23-16(25)10-27-18(26)12-3-4-15(21-9-12)24-6-2-5-22-24/h2-9H,10H2,1H3,(H,23,25). The summed E-state index contributed by atoms with van der Waals surface area (Å²) in [5, 5.41) is 6.76. The number of hydrogen-bond donors (Lipinski definition) is 1. The highest BCUT2D eigenvalue weighted by Gasteiger charge is 2.14. The average Bonchev–Trinajstić information content (AvgIpc) is 3.17. The van der Waals surface area contributed by atoms with Gasteiger partial charge in [0.15, 0.2) is 12.4 Å². The molecule has 0 aliphatic carbocycles. The molecule has 27 heavy (non-hydrogen) atoms. The van der Waals surface area contributed by atoms with Crippen molar-refractivity contribution in [2.45, 2.75) is 6.92 Å². The Balaban J connectivity index is 1.58. The molecule has 7 nitrogen and oxygen atoms in total. The zero-order chi connectivity index (χ0) is 19.4. The molecule has 1 N–H and O–H groups in total. The highest BCUT2D eigenvalue weighted by molar-refractivity contribution is 9.11. The number of benzene rings is 1. The molecule has 0 bridgehead atoms. The minimum Gasteiger partial charge on any atom is -0.452 e. The first-order valence-electron chi connectivity index (χ1n) is 7.83. The van der Waals surface area contributed by atoms with Gasteiger partial charge < -0.3 is 10.1 Å². The number of halogens is 2. The number of esters is 1. The van der Waals surface area contributed by atoms with E-state index < -0.39 is 18.5 Å². The van der Waals surface area contributed by atoms with E-state index in [2.05, 4.69) is 47.3 Å². The van der Waals surface area contributed by atoms with Crippen LogP contribution >= 0.6 is 31.9 Å². The van der Waals surface area contributed by atoms with Crippen molar-refractivity contribution in [1.29, 1.82) is 0 Å². The fraction of sp³-hybridized carbons (Fsp3) is 0.111. The molecule has 0 spiro atoms. The molecule has 1 amide bonds. The van der Waals surface area contributed by atoms with Crippen molar-refractivity contribution in [1.82, 2.24) is 14.8 Å². The van der Waals surface area contributed by atoms with Gasteiger partial charge in [0.05, 0.1) is 11.3 Å². The van der Waals surface area contributed by atoms with E-state index >= 15 is 0 Å². The van der Waals surface area contributed by atoms with Crippen LogP contribution in [-0.4, -0.2) is 33.2 Å². The first-order valence-corrected chi connectivity index (χ1v) is 9.41. The number of carbonyl (C=O) groups excluding carboxylic acids is 2. The second-order valence-corrected chi connectivity index (χ2v) is 7.29. The van der Waals surface area contributed by atoms with E-state index in [1.807, 2.05) is 19.1 Å². The van der Waals surface area contributed by atoms with E-state index in [9.17, 15) is 9.59 Å². The molecular weight excluding hydrogens is 480 g/mol. The van der Waals surface area contributed by atoms with Gasteiger partial charge in [0.25, 0.3) is 5.91 Å². The van der Waals surface area contributed by atoms with E-state index in [0.717, 1.165) is 14.5 Å². The van der Waals surface area contributed by atoms with Crippen LogP contribution in [0, 0.1) is 6.92 Å². The number of aromatic nitrogens is 3. The van der Waals surface area contributed by atoms with Crippen LogP contribution in [0.25, 0.3) is 5.82 Å². The molecule has 2 aromatic heterocycles. The van der Waals surface area contributed by atoms with Gasteiger partial charge in [-0.25, -0.2) is 14.5 Å². The van der Waals surface area contributed by atoms with Gasteiger partial charge in [-0.15, -0.1) is 0 Å². The highest BCUT2D eigenvalue weighted by Crippen LogP contribution is 2.32. The number of nitrogens with one attached hydrogen (secondary N) is 1. The van der Waals surface area contributed by atoms with Gasteiger partial charge in [0.2, 0.25) is 0 Å². The third-order valence-electron chi connectivity index (χ3n) is 3.51. The lowest BCUT2D eigenvalue weighted by Gasteiger charge is -2.11. The molecule has 0 saturated heterocycles. The zero-order valence-corrected chi connectivity index (χ0v) is 17.3. The number of anilines is 1. The van der Waals surface area contributed by atoms with Crippen molar-refractivity contribution in [3.8, 4) is 5.82 Å². The highest BCUT2D eigenvalue weighted by atomic mass is 79.9. The van der Waals surface area contributed by atoms with Crippen LogP contribution in [-0.2, 0) is 9.53 Å². The summed E-state index contributed by atoms with van der Waals surface area (Å²) >= 11 is 6.80. The third-order valence-corrected chi connectivity index (χ3v) is 4.76. The molecule has 2 heterocycles. The van der Waals surface area contributed by atoms with Crippen LogP contribution in [0.5, 0.6) is 0 Å². The number of pyridine rings is 1.